The predicted octanol–water partition coefficient (Wildman–Crippen LogP) is 5.36. The third kappa shape index (κ3) is 3.30. The second-order valence-corrected chi connectivity index (χ2v) is 7.58. The van der Waals surface area contributed by atoms with Gasteiger partial charge in [0.2, 0.25) is 5.79 Å². The van der Waals surface area contributed by atoms with Crippen molar-refractivity contribution < 1.29 is 14.5 Å². The summed E-state index contributed by atoms with van der Waals surface area (Å²) in [6, 6.07) is 8.88. The Morgan fingerprint density at radius 1 is 0.958 bits per heavy atom. The van der Waals surface area contributed by atoms with Gasteiger partial charge in [-0.05, 0) is 48.3 Å². The molecule has 0 radical (unpaired) electrons. The molecule has 3 aliphatic rings. The molecule has 1 aromatic carbocycles. The van der Waals surface area contributed by atoms with E-state index in [1.54, 1.807) is 0 Å². The first kappa shape index (κ1) is 16.3. The van der Waals surface area contributed by atoms with Gasteiger partial charge in [0, 0.05) is 12.8 Å². The minimum absolute atomic E-state index is 0.211. The van der Waals surface area contributed by atoms with Gasteiger partial charge in [-0.15, -0.1) is 0 Å². The third-order valence-corrected chi connectivity index (χ3v) is 5.93. The van der Waals surface area contributed by atoms with Crippen LogP contribution in [0, 0.1) is 0 Å². The van der Waals surface area contributed by atoms with E-state index in [-0.39, 0.29) is 6.10 Å². The average molecular weight is 328 g/mol. The molecule has 1 unspecified atom stereocenters. The molecule has 1 aliphatic heterocycles. The van der Waals surface area contributed by atoms with Gasteiger partial charge in [0.15, 0.2) is 0 Å². The maximum Gasteiger partial charge on any atom is 0.201 e. The average Bonchev–Trinajstić information content (AvgIpc) is 3.11. The zero-order valence-electron chi connectivity index (χ0n) is 14.5. The Balaban J connectivity index is 1.37. The zero-order chi connectivity index (χ0) is 16.4. The number of hydrogen-bond donors (Lipinski definition) is 0. The number of hydrogen-bond acceptors (Lipinski definition) is 3. The van der Waals surface area contributed by atoms with E-state index in [0.717, 1.165) is 42.7 Å². The summed E-state index contributed by atoms with van der Waals surface area (Å²) in [5, 5.41) is 0. The molecule has 130 valence electrons. The van der Waals surface area contributed by atoms with E-state index in [2.05, 4.69) is 30.8 Å². The maximum atomic E-state index is 5.99. The Hall–Kier alpha value is -1.16. The Kier molecular flexibility index (Phi) is 4.75. The lowest BCUT2D eigenvalue weighted by Gasteiger charge is -2.36. The molecule has 1 saturated heterocycles. The van der Waals surface area contributed by atoms with Crippen LogP contribution in [0.25, 0.3) is 5.57 Å². The Morgan fingerprint density at radius 2 is 1.67 bits per heavy atom. The molecule has 2 aliphatic carbocycles. The molecule has 1 heterocycles. The molecule has 0 N–H and O–H groups in total. The van der Waals surface area contributed by atoms with Gasteiger partial charge in [0.25, 0.3) is 0 Å². The lowest BCUT2D eigenvalue weighted by atomic mass is 9.83. The summed E-state index contributed by atoms with van der Waals surface area (Å²) in [5.41, 5.74) is 3.53. The lowest BCUT2D eigenvalue weighted by molar-refractivity contribution is -0.475. The minimum atomic E-state index is -0.485. The highest BCUT2D eigenvalue weighted by Gasteiger charge is 2.42. The van der Waals surface area contributed by atoms with Crippen LogP contribution in [0.2, 0.25) is 0 Å². The van der Waals surface area contributed by atoms with E-state index in [1.165, 1.54) is 37.7 Å². The van der Waals surface area contributed by atoms with Crippen LogP contribution in [0.4, 0.5) is 0 Å². The highest BCUT2D eigenvalue weighted by molar-refractivity contribution is 5.67. The van der Waals surface area contributed by atoms with Gasteiger partial charge in [-0.3, -0.25) is 0 Å². The Bertz CT molecular complexity index is 555. The molecule has 2 saturated carbocycles. The quantitative estimate of drug-likeness (QED) is 0.699. The van der Waals surface area contributed by atoms with E-state index >= 15 is 0 Å². The van der Waals surface area contributed by atoms with Crippen LogP contribution in [0.3, 0.4) is 0 Å². The van der Waals surface area contributed by atoms with Crippen LogP contribution < -0.4 is 0 Å². The fraction of sp³-hybridized carbons (Fsp3) is 0.619. The fourth-order valence-electron chi connectivity index (χ4n) is 4.32. The molecule has 0 aromatic heterocycles. The molecule has 3 heteroatoms. The van der Waals surface area contributed by atoms with Gasteiger partial charge in [0.1, 0.15) is 6.10 Å². The summed E-state index contributed by atoms with van der Waals surface area (Å²) < 4.78 is 5.99. The van der Waals surface area contributed by atoms with Crippen molar-refractivity contribution in [1.82, 2.24) is 0 Å². The van der Waals surface area contributed by atoms with Crippen molar-refractivity contribution in [3.8, 4) is 0 Å². The van der Waals surface area contributed by atoms with Crippen molar-refractivity contribution in [2.75, 3.05) is 6.61 Å². The van der Waals surface area contributed by atoms with Gasteiger partial charge in [-0.2, -0.15) is 0 Å². The molecule has 0 bridgehead atoms. The maximum absolute atomic E-state index is 5.99. The molecular formula is C21H28O3. The number of benzene rings is 1. The molecule has 3 fully saturated rings. The zero-order valence-corrected chi connectivity index (χ0v) is 14.5. The van der Waals surface area contributed by atoms with Gasteiger partial charge in [-0.1, -0.05) is 50.1 Å². The molecular weight excluding hydrogens is 300 g/mol. The second-order valence-electron chi connectivity index (χ2n) is 7.58. The molecule has 0 amide bonds. The van der Waals surface area contributed by atoms with E-state index in [4.69, 9.17) is 14.5 Å². The van der Waals surface area contributed by atoms with E-state index < -0.39 is 5.79 Å². The lowest BCUT2D eigenvalue weighted by Crippen LogP contribution is -2.43. The van der Waals surface area contributed by atoms with Crippen molar-refractivity contribution in [2.24, 2.45) is 0 Å². The number of rotatable bonds is 3. The smallest absolute Gasteiger partial charge is 0.201 e. The fourth-order valence-corrected chi connectivity index (χ4v) is 4.32. The first-order chi connectivity index (χ1) is 11.8. The van der Waals surface area contributed by atoms with Crippen LogP contribution in [0.5, 0.6) is 0 Å². The molecule has 4 rings (SSSR count). The second kappa shape index (κ2) is 6.99. The van der Waals surface area contributed by atoms with Crippen molar-refractivity contribution >= 4 is 5.57 Å². The third-order valence-electron chi connectivity index (χ3n) is 5.93. The standard InChI is InChI=1S/C21H28O3/c1-16(20-15-22-21(24-23-20)13-5-6-14-21)17-9-11-19(12-10-17)18-7-3-2-4-8-18/h9-12,18,20H,1-8,13-15H2. The van der Waals surface area contributed by atoms with E-state index in [1.807, 2.05) is 0 Å². The first-order valence-electron chi connectivity index (χ1n) is 9.53. The largest absolute Gasteiger partial charge is 0.344 e. The SMILES string of the molecule is C=C(c1ccc(C2CCCCC2)cc1)C1COC2(CCCC2)OO1. The molecule has 3 nitrogen and oxygen atoms in total. The van der Waals surface area contributed by atoms with Crippen LogP contribution in [0.1, 0.15) is 74.8 Å². The number of ether oxygens (including phenoxy) is 1. The Labute approximate surface area is 144 Å². The molecule has 1 spiro atoms. The summed E-state index contributed by atoms with van der Waals surface area (Å²) in [5.74, 6) is 0.252. The normalized spacial score (nSPS) is 27.4. The first-order valence-corrected chi connectivity index (χ1v) is 9.53. The van der Waals surface area contributed by atoms with Gasteiger partial charge in [-0.25, -0.2) is 9.78 Å². The summed E-state index contributed by atoms with van der Waals surface area (Å²) in [6.07, 6.45) is 10.7. The molecule has 24 heavy (non-hydrogen) atoms. The predicted molar refractivity (Wildman–Crippen MR) is 94.4 cm³/mol. The van der Waals surface area contributed by atoms with Crippen LogP contribution in [0.15, 0.2) is 30.8 Å². The van der Waals surface area contributed by atoms with Gasteiger partial charge in [0.05, 0.1) is 6.61 Å². The highest BCUT2D eigenvalue weighted by atomic mass is 17.2. The summed E-state index contributed by atoms with van der Waals surface area (Å²) in [7, 11) is 0. The van der Waals surface area contributed by atoms with Crippen LogP contribution >= 0.6 is 0 Å². The molecule has 1 aromatic rings. The summed E-state index contributed by atoms with van der Waals surface area (Å²) in [6.45, 7) is 4.75. The van der Waals surface area contributed by atoms with E-state index in [9.17, 15) is 0 Å². The Morgan fingerprint density at radius 3 is 2.29 bits per heavy atom. The van der Waals surface area contributed by atoms with Gasteiger partial charge < -0.3 is 4.74 Å². The van der Waals surface area contributed by atoms with Crippen LogP contribution in [-0.4, -0.2) is 18.5 Å². The topological polar surface area (TPSA) is 27.7 Å². The van der Waals surface area contributed by atoms with Crippen molar-refractivity contribution in [1.29, 1.82) is 0 Å². The highest BCUT2D eigenvalue weighted by Crippen LogP contribution is 2.39. The molecule has 1 atom stereocenters. The monoisotopic (exact) mass is 328 g/mol. The van der Waals surface area contributed by atoms with Crippen LogP contribution in [-0.2, 0) is 14.5 Å². The van der Waals surface area contributed by atoms with Gasteiger partial charge >= 0.3 is 0 Å². The van der Waals surface area contributed by atoms with E-state index in [0.29, 0.717) is 6.61 Å². The summed E-state index contributed by atoms with van der Waals surface area (Å²) >= 11 is 0. The van der Waals surface area contributed by atoms with Crippen molar-refractivity contribution in [3.05, 3.63) is 42.0 Å². The van der Waals surface area contributed by atoms with Crippen molar-refractivity contribution in [2.45, 2.75) is 75.6 Å². The van der Waals surface area contributed by atoms with Crippen molar-refractivity contribution in [3.63, 3.8) is 0 Å². The summed E-state index contributed by atoms with van der Waals surface area (Å²) in [4.78, 5) is 11.3. The minimum Gasteiger partial charge on any atom is -0.344 e.